The van der Waals surface area contributed by atoms with E-state index < -0.39 is 0 Å². The lowest BCUT2D eigenvalue weighted by Crippen LogP contribution is -2.20. The van der Waals surface area contributed by atoms with Crippen LogP contribution in [0, 0.1) is 0 Å². The number of nitrogens with zero attached hydrogens (tertiary/aromatic N) is 3. The number of hydrogen-bond donors (Lipinski definition) is 1. The fourth-order valence-corrected chi connectivity index (χ4v) is 2.34. The van der Waals surface area contributed by atoms with E-state index in [4.69, 9.17) is 0 Å². The second-order valence-corrected chi connectivity index (χ2v) is 6.22. The van der Waals surface area contributed by atoms with Gasteiger partial charge >= 0.3 is 0 Å². The second-order valence-electron chi connectivity index (χ2n) is 6.22. The van der Waals surface area contributed by atoms with Gasteiger partial charge in [0.2, 0.25) is 11.8 Å². The normalized spacial score (nSPS) is 14.0. The van der Waals surface area contributed by atoms with Crippen LogP contribution >= 0.6 is 0 Å². The molecule has 0 radical (unpaired) electrons. The molecule has 0 bridgehead atoms. The summed E-state index contributed by atoms with van der Waals surface area (Å²) in [4.78, 5) is 20.0. The molecule has 2 aromatic rings. The summed E-state index contributed by atoms with van der Waals surface area (Å²) in [5, 5.41) is 9.37. The maximum Gasteiger partial charge on any atom is 0.259 e. The van der Waals surface area contributed by atoms with Crippen LogP contribution in [0.15, 0.2) is 40.1 Å². The third-order valence-corrected chi connectivity index (χ3v) is 3.60. The fourth-order valence-electron chi connectivity index (χ4n) is 2.34. The summed E-state index contributed by atoms with van der Waals surface area (Å²) in [7, 11) is 0. The zero-order valence-corrected chi connectivity index (χ0v) is 12.3. The SMILES string of the molecule is CC(C)(C)c1ccc(C2=Nc3nc(O)cc(=O)n3C2)cc1. The number of rotatable bonds is 1. The summed E-state index contributed by atoms with van der Waals surface area (Å²) in [6.45, 7) is 6.88. The van der Waals surface area contributed by atoms with Crippen molar-refractivity contribution >= 4 is 11.7 Å². The molecule has 5 nitrogen and oxygen atoms in total. The summed E-state index contributed by atoms with van der Waals surface area (Å²) in [6.07, 6.45) is 0. The molecule has 0 aliphatic carbocycles. The lowest BCUT2D eigenvalue weighted by molar-refractivity contribution is 0.449. The Labute approximate surface area is 122 Å². The number of hydrogen-bond acceptors (Lipinski definition) is 4. The quantitative estimate of drug-likeness (QED) is 0.873. The number of aromatic nitrogens is 2. The van der Waals surface area contributed by atoms with Crippen LogP contribution in [0.4, 0.5) is 5.95 Å². The Bertz CT molecular complexity index is 781. The molecule has 0 saturated heterocycles. The van der Waals surface area contributed by atoms with E-state index in [9.17, 15) is 9.90 Å². The first-order chi connectivity index (χ1) is 9.84. The van der Waals surface area contributed by atoms with E-state index >= 15 is 0 Å². The minimum atomic E-state index is -0.292. The van der Waals surface area contributed by atoms with Gasteiger partial charge in [0.15, 0.2) is 0 Å². The Morgan fingerprint density at radius 3 is 2.48 bits per heavy atom. The summed E-state index contributed by atoms with van der Waals surface area (Å²) in [5.41, 5.74) is 2.81. The highest BCUT2D eigenvalue weighted by Gasteiger charge is 2.20. The van der Waals surface area contributed by atoms with Crippen molar-refractivity contribution < 1.29 is 5.11 Å². The topological polar surface area (TPSA) is 67.5 Å². The summed E-state index contributed by atoms with van der Waals surface area (Å²) in [6, 6.07) is 9.28. The van der Waals surface area contributed by atoms with Crippen molar-refractivity contribution in [2.75, 3.05) is 0 Å². The summed E-state index contributed by atoms with van der Waals surface area (Å²) in [5.74, 6) is -0.0331. The smallest absolute Gasteiger partial charge is 0.259 e. The lowest BCUT2D eigenvalue weighted by Gasteiger charge is -2.19. The van der Waals surface area contributed by atoms with Crippen LogP contribution in [0.1, 0.15) is 31.9 Å². The molecule has 3 rings (SSSR count). The Hall–Kier alpha value is -2.43. The van der Waals surface area contributed by atoms with E-state index in [1.165, 1.54) is 10.1 Å². The minimum Gasteiger partial charge on any atom is -0.493 e. The van der Waals surface area contributed by atoms with Gasteiger partial charge in [0.25, 0.3) is 5.56 Å². The molecule has 0 atom stereocenters. The van der Waals surface area contributed by atoms with Gasteiger partial charge in [-0.1, -0.05) is 45.0 Å². The Kier molecular flexibility index (Phi) is 2.93. The van der Waals surface area contributed by atoms with Crippen molar-refractivity contribution in [2.24, 2.45) is 4.99 Å². The monoisotopic (exact) mass is 283 g/mol. The zero-order valence-electron chi connectivity index (χ0n) is 12.3. The van der Waals surface area contributed by atoms with E-state index in [1.807, 2.05) is 12.1 Å². The lowest BCUT2D eigenvalue weighted by atomic mass is 9.86. The molecule has 1 aliphatic rings. The molecule has 2 heterocycles. The Balaban J connectivity index is 1.95. The first-order valence-electron chi connectivity index (χ1n) is 6.84. The second kappa shape index (κ2) is 4.55. The summed E-state index contributed by atoms with van der Waals surface area (Å²) >= 11 is 0. The average Bonchev–Trinajstić information content (AvgIpc) is 2.82. The van der Waals surface area contributed by atoms with Crippen LogP contribution in [0.3, 0.4) is 0 Å². The highest BCUT2D eigenvalue weighted by molar-refractivity contribution is 6.03. The van der Waals surface area contributed by atoms with Crippen LogP contribution in [-0.2, 0) is 12.0 Å². The molecule has 0 fully saturated rings. The number of aromatic hydroxyl groups is 1. The van der Waals surface area contributed by atoms with Crippen LogP contribution in [0.5, 0.6) is 5.88 Å². The molecule has 1 aromatic heterocycles. The van der Waals surface area contributed by atoms with E-state index in [0.29, 0.717) is 6.54 Å². The van der Waals surface area contributed by atoms with Crippen molar-refractivity contribution in [3.63, 3.8) is 0 Å². The largest absolute Gasteiger partial charge is 0.493 e. The van der Waals surface area contributed by atoms with Gasteiger partial charge in [-0.25, -0.2) is 4.99 Å². The molecule has 0 saturated carbocycles. The van der Waals surface area contributed by atoms with E-state index in [-0.39, 0.29) is 22.8 Å². The van der Waals surface area contributed by atoms with Gasteiger partial charge in [-0.3, -0.25) is 9.36 Å². The number of benzene rings is 1. The zero-order chi connectivity index (χ0) is 15.2. The minimum absolute atomic E-state index is 0.100. The van der Waals surface area contributed by atoms with Gasteiger partial charge in [-0.2, -0.15) is 4.98 Å². The number of fused-ring (bicyclic) bond motifs is 1. The molecule has 0 amide bonds. The highest BCUT2D eigenvalue weighted by atomic mass is 16.3. The van der Waals surface area contributed by atoms with E-state index in [2.05, 4.69) is 42.9 Å². The molecule has 5 heteroatoms. The van der Waals surface area contributed by atoms with Gasteiger partial charge < -0.3 is 5.11 Å². The molecule has 108 valence electrons. The molecule has 1 N–H and O–H groups in total. The van der Waals surface area contributed by atoms with E-state index in [1.54, 1.807) is 0 Å². The van der Waals surface area contributed by atoms with Gasteiger partial charge in [0.1, 0.15) is 0 Å². The molecule has 1 aliphatic heterocycles. The molecule has 0 unspecified atom stereocenters. The van der Waals surface area contributed by atoms with Crippen LogP contribution in [0.2, 0.25) is 0 Å². The molecule has 0 spiro atoms. The Morgan fingerprint density at radius 1 is 1.19 bits per heavy atom. The van der Waals surface area contributed by atoms with Crippen LogP contribution in [0.25, 0.3) is 0 Å². The van der Waals surface area contributed by atoms with Crippen molar-refractivity contribution in [1.29, 1.82) is 0 Å². The molecule has 1 aromatic carbocycles. The predicted octanol–water partition coefficient (Wildman–Crippen LogP) is 2.38. The van der Waals surface area contributed by atoms with Crippen LogP contribution in [-0.4, -0.2) is 20.4 Å². The first-order valence-corrected chi connectivity index (χ1v) is 6.84. The van der Waals surface area contributed by atoms with Crippen molar-refractivity contribution in [2.45, 2.75) is 32.7 Å². The first kappa shape index (κ1) is 13.5. The number of aliphatic imine (C=N–C) groups is 1. The average molecular weight is 283 g/mol. The third-order valence-electron chi connectivity index (χ3n) is 3.60. The van der Waals surface area contributed by atoms with Gasteiger partial charge in [0, 0.05) is 0 Å². The standard InChI is InChI=1S/C16H17N3O2/c1-16(2,3)11-6-4-10(5-7-11)12-9-19-14(21)8-13(20)18-15(19)17-12/h4-8,20H,9H2,1-3H3. The maximum atomic E-state index is 11.8. The van der Waals surface area contributed by atoms with Crippen molar-refractivity contribution in [3.8, 4) is 5.88 Å². The highest BCUT2D eigenvalue weighted by Crippen LogP contribution is 2.24. The fraction of sp³-hybridized carbons (Fsp3) is 0.312. The van der Waals surface area contributed by atoms with Crippen LogP contribution < -0.4 is 5.56 Å². The maximum absolute atomic E-state index is 11.8. The Morgan fingerprint density at radius 2 is 1.86 bits per heavy atom. The molecular formula is C16H17N3O2. The van der Waals surface area contributed by atoms with Crippen molar-refractivity contribution in [1.82, 2.24) is 9.55 Å². The molecule has 21 heavy (non-hydrogen) atoms. The third kappa shape index (κ3) is 2.46. The van der Waals surface area contributed by atoms with Gasteiger partial charge in [-0.15, -0.1) is 0 Å². The van der Waals surface area contributed by atoms with Gasteiger partial charge in [0.05, 0.1) is 18.3 Å². The molecular weight excluding hydrogens is 266 g/mol. The van der Waals surface area contributed by atoms with Crippen molar-refractivity contribution in [3.05, 3.63) is 51.8 Å². The predicted molar refractivity (Wildman–Crippen MR) is 81.5 cm³/mol. The van der Waals surface area contributed by atoms with Gasteiger partial charge in [-0.05, 0) is 16.5 Å². The summed E-state index contributed by atoms with van der Waals surface area (Å²) < 4.78 is 1.45. The van der Waals surface area contributed by atoms with E-state index in [0.717, 1.165) is 17.3 Å².